The molecule has 0 radical (unpaired) electrons. The van der Waals surface area contributed by atoms with Crippen molar-refractivity contribution in [1.82, 2.24) is 25.9 Å². The molecule has 5 saturated carbocycles. The smallest absolute Gasteiger partial charge is 0.243 e. The number of aliphatic hydroxyl groups excluding tert-OH is 1. The molecule has 1 heterocycles. The number of carbonyl (C=O) groups is 3. The van der Waals surface area contributed by atoms with Crippen LogP contribution in [0.25, 0.3) is 0 Å². The van der Waals surface area contributed by atoms with Gasteiger partial charge in [-0.2, -0.15) is 0 Å². The maximum Gasteiger partial charge on any atom is 0.243 e. The maximum absolute atomic E-state index is 14.3. The highest BCUT2D eigenvalue weighted by atomic mass is 16.3. The average Bonchev–Trinajstić information content (AvgIpc) is 3.62. The second-order valence-electron chi connectivity index (χ2n) is 17.5. The molecule has 284 valence electrons. The van der Waals surface area contributed by atoms with E-state index in [1.807, 2.05) is 36.4 Å². The van der Waals surface area contributed by atoms with Crippen molar-refractivity contribution in [2.75, 3.05) is 0 Å². The van der Waals surface area contributed by atoms with Crippen LogP contribution < -0.4 is 16.0 Å². The molecule has 5 N–H and O–H groups in total. The van der Waals surface area contributed by atoms with Gasteiger partial charge in [0, 0.05) is 25.5 Å². The molecule has 0 saturated heterocycles. The Morgan fingerprint density at radius 3 is 2.15 bits per heavy atom. The summed E-state index contributed by atoms with van der Waals surface area (Å²) in [5.74, 6) is 2.22. The van der Waals surface area contributed by atoms with E-state index in [2.05, 4.69) is 46.3 Å². The Morgan fingerprint density at radius 1 is 0.923 bits per heavy atom. The molecule has 0 unspecified atom stereocenters. The summed E-state index contributed by atoms with van der Waals surface area (Å²) in [7, 11) is 0. The third-order valence-electron chi connectivity index (χ3n) is 13.0. The fourth-order valence-electron chi connectivity index (χ4n) is 10.7. The average molecular weight is 714 g/mol. The summed E-state index contributed by atoms with van der Waals surface area (Å²) < 4.78 is 0. The number of hydrogen-bond donors (Lipinski definition) is 5. The van der Waals surface area contributed by atoms with Crippen LogP contribution in [0.5, 0.6) is 0 Å². The lowest BCUT2D eigenvalue weighted by Crippen LogP contribution is -2.58. The van der Waals surface area contributed by atoms with Gasteiger partial charge in [0.05, 0.1) is 24.2 Å². The molecule has 3 amide bonds. The molecule has 0 spiro atoms. The number of aromatic nitrogens is 2. The van der Waals surface area contributed by atoms with E-state index < -0.39 is 30.1 Å². The van der Waals surface area contributed by atoms with Crippen molar-refractivity contribution in [2.24, 2.45) is 40.9 Å². The van der Waals surface area contributed by atoms with E-state index >= 15 is 0 Å². The zero-order valence-electron chi connectivity index (χ0n) is 31.5. The zero-order valence-corrected chi connectivity index (χ0v) is 31.5. The first-order valence-electron chi connectivity index (χ1n) is 20.3. The standard InChI is InChI=1S/C43H63N5O4/c1-4-34(28(2)3)20-39(49)36(18-29-11-7-5-8-12-29)47-42(52)38(21-35-26-44-27-45-35)48-41(51)37(19-30-13-9-6-10-14-30)46-40(50)25-43-22-31-15-32(23-43)17-33(16-31)24-43/h4,6,9-10,13-14,26-29,31-34,36-39,49H,1,5,7-8,11-12,15-25H2,2-3H3,(H,44,45)(H,46,50)(H,47,52)(H,48,51)/t31?,32?,33?,34-,36-,37-,38-,39-,43?/m0/s1. The number of aliphatic hydroxyl groups is 1. The van der Waals surface area contributed by atoms with E-state index in [1.165, 1.54) is 25.7 Å². The van der Waals surface area contributed by atoms with Crippen molar-refractivity contribution >= 4 is 17.7 Å². The van der Waals surface area contributed by atoms with E-state index in [9.17, 15) is 19.5 Å². The minimum atomic E-state index is -0.949. The number of aromatic amines is 1. The summed E-state index contributed by atoms with van der Waals surface area (Å²) in [5.41, 5.74) is 1.62. The SMILES string of the molecule is C=C[C@@H](C[C@H](O)[C@H](CC1CCCCC1)NC(=O)[C@H](Cc1c[nH]cn1)NC(=O)[C@H](Cc1ccccc1)NC(=O)CC12CC3CC(CC(C3)C1)C2)C(C)C. The lowest BCUT2D eigenvalue weighted by molar-refractivity contribution is -0.135. The number of H-pyrrole nitrogens is 1. The van der Waals surface area contributed by atoms with Gasteiger partial charge in [-0.1, -0.05) is 82.4 Å². The molecular weight excluding hydrogens is 651 g/mol. The van der Waals surface area contributed by atoms with Crippen molar-refractivity contribution in [2.45, 2.75) is 141 Å². The van der Waals surface area contributed by atoms with Crippen LogP contribution >= 0.6 is 0 Å². The molecule has 9 heteroatoms. The van der Waals surface area contributed by atoms with Crippen LogP contribution in [0.15, 0.2) is 55.5 Å². The van der Waals surface area contributed by atoms with Gasteiger partial charge >= 0.3 is 0 Å². The molecule has 0 aliphatic heterocycles. The lowest BCUT2D eigenvalue weighted by atomic mass is 9.49. The summed E-state index contributed by atoms with van der Waals surface area (Å²) in [6.45, 7) is 8.25. The number of nitrogens with zero attached hydrogens (tertiary/aromatic N) is 1. The number of carbonyl (C=O) groups excluding carboxylic acids is 3. The van der Waals surface area contributed by atoms with Crippen molar-refractivity contribution in [1.29, 1.82) is 0 Å². The first-order valence-corrected chi connectivity index (χ1v) is 20.3. The predicted molar refractivity (Wildman–Crippen MR) is 204 cm³/mol. The number of amides is 3. The normalized spacial score (nSPS) is 27.0. The molecule has 7 rings (SSSR count). The van der Waals surface area contributed by atoms with E-state index in [4.69, 9.17) is 0 Å². The fourth-order valence-corrected chi connectivity index (χ4v) is 10.7. The van der Waals surface area contributed by atoms with Gasteiger partial charge in [-0.05, 0) is 97.9 Å². The van der Waals surface area contributed by atoms with Crippen molar-refractivity contribution in [3.05, 3.63) is 66.8 Å². The van der Waals surface area contributed by atoms with E-state index in [-0.39, 0.29) is 29.6 Å². The number of nitrogens with one attached hydrogen (secondary N) is 4. The molecule has 1 aromatic heterocycles. The highest BCUT2D eigenvalue weighted by Gasteiger charge is 2.51. The van der Waals surface area contributed by atoms with Crippen LogP contribution in [-0.4, -0.2) is 57.0 Å². The molecule has 1 aromatic carbocycles. The van der Waals surface area contributed by atoms with Gasteiger partial charge in [0.1, 0.15) is 12.1 Å². The molecule has 9 nitrogen and oxygen atoms in total. The first kappa shape index (κ1) is 38.3. The minimum Gasteiger partial charge on any atom is -0.391 e. The van der Waals surface area contributed by atoms with Crippen molar-refractivity contribution in [3.63, 3.8) is 0 Å². The van der Waals surface area contributed by atoms with Crippen LogP contribution in [0.2, 0.25) is 0 Å². The van der Waals surface area contributed by atoms with Gasteiger partial charge in [-0.25, -0.2) is 4.98 Å². The van der Waals surface area contributed by atoms with Gasteiger partial charge in [-0.3, -0.25) is 14.4 Å². The minimum absolute atomic E-state index is 0.0450. The maximum atomic E-state index is 14.3. The number of imidazole rings is 1. The van der Waals surface area contributed by atoms with Gasteiger partial charge in [0.25, 0.3) is 0 Å². The van der Waals surface area contributed by atoms with Crippen molar-refractivity contribution < 1.29 is 19.5 Å². The summed E-state index contributed by atoms with van der Waals surface area (Å²) in [5, 5.41) is 21.0. The summed E-state index contributed by atoms with van der Waals surface area (Å²) in [6.07, 6.45) is 19.6. The summed E-state index contributed by atoms with van der Waals surface area (Å²) in [4.78, 5) is 49.8. The highest BCUT2D eigenvalue weighted by Crippen LogP contribution is 2.61. The molecule has 2 aromatic rings. The van der Waals surface area contributed by atoms with Crippen LogP contribution in [0, 0.1) is 40.9 Å². The third kappa shape index (κ3) is 10.1. The van der Waals surface area contributed by atoms with Gasteiger partial charge < -0.3 is 26.0 Å². The Bertz CT molecular complexity index is 1430. The first-order chi connectivity index (χ1) is 25.1. The van der Waals surface area contributed by atoms with Crippen LogP contribution in [0.1, 0.15) is 115 Å². The monoisotopic (exact) mass is 713 g/mol. The molecule has 5 aliphatic carbocycles. The molecule has 5 atom stereocenters. The van der Waals surface area contributed by atoms with Crippen molar-refractivity contribution in [3.8, 4) is 0 Å². The zero-order chi connectivity index (χ0) is 36.7. The Labute approximate surface area is 311 Å². The number of benzene rings is 1. The van der Waals surface area contributed by atoms with E-state index in [1.54, 1.807) is 12.5 Å². The second kappa shape index (κ2) is 17.6. The van der Waals surface area contributed by atoms with Crippen LogP contribution in [0.3, 0.4) is 0 Å². The highest BCUT2D eigenvalue weighted by molar-refractivity contribution is 5.92. The molecular formula is C43H63N5O4. The molecule has 52 heavy (non-hydrogen) atoms. The van der Waals surface area contributed by atoms with Crippen LogP contribution in [-0.2, 0) is 27.2 Å². The van der Waals surface area contributed by atoms with E-state index in [0.29, 0.717) is 43.2 Å². The Kier molecular flexibility index (Phi) is 12.9. The summed E-state index contributed by atoms with van der Waals surface area (Å²) in [6, 6.07) is 7.47. The largest absolute Gasteiger partial charge is 0.391 e. The Balaban J connectivity index is 1.18. The predicted octanol–water partition coefficient (Wildman–Crippen LogP) is 6.44. The fraction of sp³-hybridized carbons (Fsp3) is 0.674. The van der Waals surface area contributed by atoms with Gasteiger partial charge in [-0.15, -0.1) is 6.58 Å². The number of rotatable bonds is 18. The third-order valence-corrected chi connectivity index (χ3v) is 13.0. The van der Waals surface area contributed by atoms with E-state index in [0.717, 1.165) is 68.3 Å². The molecule has 5 fully saturated rings. The quantitative estimate of drug-likeness (QED) is 0.113. The second-order valence-corrected chi connectivity index (χ2v) is 17.5. The number of allylic oxidation sites excluding steroid dienone is 1. The Morgan fingerprint density at radius 2 is 1.56 bits per heavy atom. The number of hydrogen-bond acceptors (Lipinski definition) is 5. The molecule has 4 bridgehead atoms. The van der Waals surface area contributed by atoms with Crippen LogP contribution in [0.4, 0.5) is 0 Å². The Hall–Kier alpha value is -3.46. The van der Waals surface area contributed by atoms with Gasteiger partial charge in [0.2, 0.25) is 17.7 Å². The lowest BCUT2D eigenvalue weighted by Gasteiger charge is -2.56. The topological polar surface area (TPSA) is 136 Å². The summed E-state index contributed by atoms with van der Waals surface area (Å²) >= 11 is 0. The van der Waals surface area contributed by atoms with Gasteiger partial charge in [0.15, 0.2) is 0 Å². The molecule has 5 aliphatic rings.